The zero-order chi connectivity index (χ0) is 14.8. The van der Waals surface area contributed by atoms with Crippen LogP contribution < -0.4 is 5.32 Å². The van der Waals surface area contributed by atoms with Crippen LogP contribution in [0, 0.1) is 0 Å². The molecule has 0 unspecified atom stereocenters. The van der Waals surface area contributed by atoms with Crippen molar-refractivity contribution in [1.82, 2.24) is 4.90 Å². The molecule has 0 fully saturated rings. The van der Waals surface area contributed by atoms with Crippen LogP contribution in [0.3, 0.4) is 0 Å². The van der Waals surface area contributed by atoms with Gasteiger partial charge in [0.1, 0.15) is 0 Å². The lowest BCUT2D eigenvalue weighted by molar-refractivity contribution is -0.110. The second-order valence-corrected chi connectivity index (χ2v) is 6.00. The molecule has 1 heterocycles. The van der Waals surface area contributed by atoms with E-state index < -0.39 is 0 Å². The third-order valence-corrected chi connectivity index (χ3v) is 3.88. The zero-order valence-electron chi connectivity index (χ0n) is 11.6. The Labute approximate surface area is 132 Å². The molecular weight excluding hydrogens is 328 g/mol. The Morgan fingerprint density at radius 2 is 1.95 bits per heavy atom. The van der Waals surface area contributed by atoms with Crippen LogP contribution in [0.1, 0.15) is 11.1 Å². The topological polar surface area (TPSA) is 32.3 Å². The molecule has 0 bridgehead atoms. The number of carbonyl (C=O) groups excluding carboxylic acids is 1. The SMILES string of the molecule is CN(/C=C1/C(=O)Nc2ccc(Br)cc21)Cc1ccccc1. The van der Waals surface area contributed by atoms with Gasteiger partial charge in [0.05, 0.1) is 5.57 Å². The fourth-order valence-electron chi connectivity index (χ4n) is 2.43. The van der Waals surface area contributed by atoms with Gasteiger partial charge < -0.3 is 10.2 Å². The van der Waals surface area contributed by atoms with Crippen LogP contribution >= 0.6 is 15.9 Å². The molecule has 0 spiro atoms. The molecular formula is C17H15BrN2O. The highest BCUT2D eigenvalue weighted by Crippen LogP contribution is 2.34. The molecule has 2 aromatic carbocycles. The standard InChI is InChI=1S/C17H15BrN2O/c1-20(10-12-5-3-2-4-6-12)11-15-14-9-13(18)7-8-16(14)19-17(15)21/h2-9,11H,10H2,1H3,(H,19,21)/b15-11+. The summed E-state index contributed by atoms with van der Waals surface area (Å²) < 4.78 is 0.967. The monoisotopic (exact) mass is 342 g/mol. The van der Waals surface area contributed by atoms with E-state index in [1.165, 1.54) is 5.56 Å². The molecule has 21 heavy (non-hydrogen) atoms. The lowest BCUT2D eigenvalue weighted by Crippen LogP contribution is -2.13. The van der Waals surface area contributed by atoms with Crippen molar-refractivity contribution in [2.75, 3.05) is 12.4 Å². The van der Waals surface area contributed by atoms with Crippen LogP contribution in [-0.4, -0.2) is 17.9 Å². The van der Waals surface area contributed by atoms with Crippen molar-refractivity contribution in [3.05, 3.63) is 70.3 Å². The van der Waals surface area contributed by atoms with Crippen LogP contribution in [0.25, 0.3) is 5.57 Å². The van der Waals surface area contributed by atoms with Gasteiger partial charge in [0.2, 0.25) is 0 Å². The first kappa shape index (κ1) is 13.9. The predicted molar refractivity (Wildman–Crippen MR) is 88.7 cm³/mol. The van der Waals surface area contributed by atoms with E-state index in [0.29, 0.717) is 5.57 Å². The molecule has 0 radical (unpaired) electrons. The Hall–Kier alpha value is -2.07. The van der Waals surface area contributed by atoms with E-state index in [2.05, 4.69) is 33.4 Å². The van der Waals surface area contributed by atoms with Crippen molar-refractivity contribution in [3.63, 3.8) is 0 Å². The van der Waals surface area contributed by atoms with E-state index >= 15 is 0 Å². The molecule has 0 atom stereocenters. The lowest BCUT2D eigenvalue weighted by atomic mass is 10.1. The number of nitrogens with one attached hydrogen (secondary N) is 1. The van der Waals surface area contributed by atoms with Gasteiger partial charge >= 0.3 is 0 Å². The number of fused-ring (bicyclic) bond motifs is 1. The molecule has 106 valence electrons. The predicted octanol–water partition coefficient (Wildman–Crippen LogP) is 3.87. The van der Waals surface area contributed by atoms with Gasteiger partial charge in [-0.3, -0.25) is 4.79 Å². The van der Waals surface area contributed by atoms with Crippen LogP contribution in [0.5, 0.6) is 0 Å². The summed E-state index contributed by atoms with van der Waals surface area (Å²) in [5, 5.41) is 2.89. The Morgan fingerprint density at radius 1 is 1.19 bits per heavy atom. The molecule has 2 aromatic rings. The maximum atomic E-state index is 12.1. The first-order chi connectivity index (χ1) is 10.1. The maximum Gasteiger partial charge on any atom is 0.257 e. The van der Waals surface area contributed by atoms with E-state index in [1.807, 2.05) is 54.5 Å². The number of rotatable bonds is 3. The summed E-state index contributed by atoms with van der Waals surface area (Å²) in [6, 6.07) is 16.0. The first-order valence-electron chi connectivity index (χ1n) is 6.71. The Balaban J connectivity index is 1.86. The van der Waals surface area contributed by atoms with Gasteiger partial charge in [0.25, 0.3) is 5.91 Å². The van der Waals surface area contributed by atoms with Gasteiger partial charge in [-0.05, 0) is 23.8 Å². The van der Waals surface area contributed by atoms with Gasteiger partial charge in [-0.1, -0.05) is 46.3 Å². The first-order valence-corrected chi connectivity index (χ1v) is 7.50. The van der Waals surface area contributed by atoms with Crippen molar-refractivity contribution >= 4 is 33.1 Å². The number of nitrogens with zero attached hydrogens (tertiary/aromatic N) is 1. The Bertz CT molecular complexity index is 710. The Kier molecular flexibility index (Phi) is 3.80. The third-order valence-electron chi connectivity index (χ3n) is 3.39. The number of hydrogen-bond acceptors (Lipinski definition) is 2. The number of carbonyl (C=O) groups is 1. The minimum Gasteiger partial charge on any atom is -0.375 e. The average molecular weight is 343 g/mol. The van der Waals surface area contributed by atoms with Crippen molar-refractivity contribution in [1.29, 1.82) is 0 Å². The summed E-state index contributed by atoms with van der Waals surface area (Å²) in [7, 11) is 1.98. The Morgan fingerprint density at radius 3 is 2.71 bits per heavy atom. The number of halogens is 1. The van der Waals surface area contributed by atoms with Gasteiger partial charge in [0.15, 0.2) is 0 Å². The summed E-state index contributed by atoms with van der Waals surface area (Å²) in [6.45, 7) is 0.765. The van der Waals surface area contributed by atoms with Gasteiger partial charge in [-0.2, -0.15) is 0 Å². The number of benzene rings is 2. The smallest absolute Gasteiger partial charge is 0.257 e. The van der Waals surface area contributed by atoms with Crippen LogP contribution in [0.15, 0.2) is 59.2 Å². The molecule has 1 N–H and O–H groups in total. The number of hydrogen-bond donors (Lipinski definition) is 1. The summed E-state index contributed by atoms with van der Waals surface area (Å²) in [4.78, 5) is 14.1. The molecule has 0 saturated carbocycles. The molecule has 3 rings (SSSR count). The van der Waals surface area contributed by atoms with Crippen molar-refractivity contribution in [2.24, 2.45) is 0 Å². The van der Waals surface area contributed by atoms with Crippen LogP contribution in [0.4, 0.5) is 5.69 Å². The molecule has 3 nitrogen and oxygen atoms in total. The highest BCUT2D eigenvalue weighted by molar-refractivity contribution is 9.10. The lowest BCUT2D eigenvalue weighted by Gasteiger charge is -2.15. The third kappa shape index (κ3) is 3.00. The van der Waals surface area contributed by atoms with Gasteiger partial charge in [0, 0.05) is 35.5 Å². The maximum absolute atomic E-state index is 12.1. The largest absolute Gasteiger partial charge is 0.375 e. The second kappa shape index (κ2) is 5.74. The van der Waals surface area contributed by atoms with E-state index in [4.69, 9.17) is 0 Å². The highest BCUT2D eigenvalue weighted by Gasteiger charge is 2.24. The van der Waals surface area contributed by atoms with Gasteiger partial charge in [-0.15, -0.1) is 0 Å². The van der Waals surface area contributed by atoms with Crippen molar-refractivity contribution in [2.45, 2.75) is 6.54 Å². The molecule has 0 aliphatic carbocycles. The minimum atomic E-state index is -0.0528. The number of amides is 1. The molecule has 0 saturated heterocycles. The molecule has 1 amide bonds. The highest BCUT2D eigenvalue weighted by atomic mass is 79.9. The van der Waals surface area contributed by atoms with E-state index in [9.17, 15) is 4.79 Å². The minimum absolute atomic E-state index is 0.0528. The van der Waals surface area contributed by atoms with Gasteiger partial charge in [-0.25, -0.2) is 0 Å². The van der Waals surface area contributed by atoms with E-state index in [0.717, 1.165) is 22.3 Å². The molecule has 1 aliphatic heterocycles. The number of anilines is 1. The fourth-order valence-corrected chi connectivity index (χ4v) is 2.79. The average Bonchev–Trinajstić information content (AvgIpc) is 2.76. The molecule has 0 aromatic heterocycles. The van der Waals surface area contributed by atoms with Crippen molar-refractivity contribution < 1.29 is 4.79 Å². The quantitative estimate of drug-likeness (QED) is 0.858. The van der Waals surface area contributed by atoms with Crippen LogP contribution in [0.2, 0.25) is 0 Å². The van der Waals surface area contributed by atoms with Crippen molar-refractivity contribution in [3.8, 4) is 0 Å². The summed E-state index contributed by atoms with van der Waals surface area (Å²) in [5.74, 6) is -0.0528. The fraction of sp³-hybridized carbons (Fsp3) is 0.118. The van der Waals surface area contributed by atoms with E-state index in [-0.39, 0.29) is 5.91 Å². The summed E-state index contributed by atoms with van der Waals surface area (Å²) >= 11 is 3.45. The normalized spacial score (nSPS) is 15.0. The van der Waals surface area contributed by atoms with E-state index in [1.54, 1.807) is 0 Å². The second-order valence-electron chi connectivity index (χ2n) is 5.09. The molecule has 1 aliphatic rings. The molecule has 4 heteroatoms. The zero-order valence-corrected chi connectivity index (χ0v) is 13.2. The summed E-state index contributed by atoms with van der Waals surface area (Å²) in [5.41, 5.74) is 3.71. The summed E-state index contributed by atoms with van der Waals surface area (Å²) in [6.07, 6.45) is 1.90. The van der Waals surface area contributed by atoms with Crippen LogP contribution in [-0.2, 0) is 11.3 Å².